The number of aliphatic hydroxyl groups excluding tert-OH is 2. The molecular formula is C21H26FN3O4S. The molecule has 0 unspecified atom stereocenters. The predicted molar refractivity (Wildman–Crippen MR) is 112 cm³/mol. The van der Waals surface area contributed by atoms with Gasteiger partial charge in [-0.25, -0.2) is 4.39 Å². The van der Waals surface area contributed by atoms with E-state index in [2.05, 4.69) is 15.1 Å². The van der Waals surface area contributed by atoms with E-state index in [0.717, 1.165) is 18.8 Å². The average Bonchev–Trinajstić information content (AvgIpc) is 3.41. The number of carbonyl (C=O) groups is 1. The Hall–Kier alpha value is -2.04. The fourth-order valence-electron chi connectivity index (χ4n) is 4.21. The lowest BCUT2D eigenvalue weighted by Crippen LogP contribution is -2.57. The van der Waals surface area contributed by atoms with Gasteiger partial charge in [-0.2, -0.15) is 0 Å². The number of ether oxygens (including phenoxy) is 1. The molecule has 30 heavy (non-hydrogen) atoms. The molecule has 4 atom stereocenters. The molecule has 0 bridgehead atoms. The van der Waals surface area contributed by atoms with E-state index in [1.807, 2.05) is 11.4 Å². The second-order valence-electron chi connectivity index (χ2n) is 7.56. The molecule has 9 heteroatoms. The van der Waals surface area contributed by atoms with Crippen molar-refractivity contribution in [3.63, 3.8) is 0 Å². The van der Waals surface area contributed by atoms with Crippen LogP contribution in [0.3, 0.4) is 0 Å². The number of nitrogens with zero attached hydrogens (tertiary/aromatic N) is 2. The van der Waals surface area contributed by atoms with Gasteiger partial charge < -0.3 is 25.2 Å². The Bertz CT molecular complexity index is 827. The molecule has 2 fully saturated rings. The highest BCUT2D eigenvalue weighted by Crippen LogP contribution is 2.28. The van der Waals surface area contributed by atoms with Crippen molar-refractivity contribution in [1.29, 1.82) is 0 Å². The van der Waals surface area contributed by atoms with Crippen LogP contribution in [0.5, 0.6) is 0 Å². The van der Waals surface area contributed by atoms with Crippen molar-refractivity contribution in [3.8, 4) is 0 Å². The van der Waals surface area contributed by atoms with Crippen molar-refractivity contribution in [2.24, 2.45) is 0 Å². The molecule has 4 rings (SSSR count). The van der Waals surface area contributed by atoms with Crippen LogP contribution in [0.2, 0.25) is 0 Å². The Balaban J connectivity index is 1.38. The van der Waals surface area contributed by atoms with Gasteiger partial charge in [0, 0.05) is 38.4 Å². The lowest BCUT2D eigenvalue weighted by Gasteiger charge is -2.41. The molecule has 1 aromatic heterocycles. The number of hydrogen-bond acceptors (Lipinski definition) is 7. The van der Waals surface area contributed by atoms with Gasteiger partial charge in [-0.15, -0.1) is 11.3 Å². The number of amides is 1. The summed E-state index contributed by atoms with van der Waals surface area (Å²) < 4.78 is 19.1. The van der Waals surface area contributed by atoms with Gasteiger partial charge in [0.15, 0.2) is 0 Å². The van der Waals surface area contributed by atoms with Crippen LogP contribution < -0.4 is 10.2 Å². The first-order valence-corrected chi connectivity index (χ1v) is 11.0. The number of nitrogens with one attached hydrogen (secondary N) is 1. The van der Waals surface area contributed by atoms with Crippen LogP contribution in [0.15, 0.2) is 41.8 Å². The van der Waals surface area contributed by atoms with E-state index >= 15 is 0 Å². The Morgan fingerprint density at radius 2 is 1.90 bits per heavy atom. The second-order valence-corrected chi connectivity index (χ2v) is 8.51. The minimum atomic E-state index is -0.837. The summed E-state index contributed by atoms with van der Waals surface area (Å²) in [7, 11) is 0. The van der Waals surface area contributed by atoms with E-state index < -0.39 is 18.3 Å². The molecular weight excluding hydrogens is 409 g/mol. The first kappa shape index (κ1) is 21.2. The van der Waals surface area contributed by atoms with Crippen LogP contribution in [0, 0.1) is 5.82 Å². The van der Waals surface area contributed by atoms with E-state index in [-0.39, 0.29) is 30.9 Å². The number of carbonyl (C=O) groups excluding carboxylic acids is 1. The fraction of sp³-hybridized carbons (Fsp3) is 0.476. The SMILES string of the molecule is O=C(NC[C@H]1O[C@@H](CO)[C@@H](O)[C@H]1N1CCN(c2ccc(F)cc2)CC1)c1cccs1. The molecule has 2 aliphatic heterocycles. The van der Waals surface area contributed by atoms with Crippen LogP contribution in [0.4, 0.5) is 10.1 Å². The zero-order chi connectivity index (χ0) is 21.1. The number of benzene rings is 1. The first-order valence-electron chi connectivity index (χ1n) is 10.1. The molecule has 3 heterocycles. The number of halogens is 1. The van der Waals surface area contributed by atoms with Gasteiger partial charge >= 0.3 is 0 Å². The summed E-state index contributed by atoms with van der Waals surface area (Å²) in [6.07, 6.45) is -1.93. The quantitative estimate of drug-likeness (QED) is 0.626. The minimum Gasteiger partial charge on any atom is -0.394 e. The van der Waals surface area contributed by atoms with Crippen LogP contribution >= 0.6 is 11.3 Å². The molecule has 0 saturated carbocycles. The van der Waals surface area contributed by atoms with Crippen LogP contribution in [-0.4, -0.2) is 84.7 Å². The number of piperazine rings is 1. The zero-order valence-electron chi connectivity index (χ0n) is 16.5. The number of hydrogen-bond donors (Lipinski definition) is 3. The second kappa shape index (κ2) is 9.40. The fourth-order valence-corrected chi connectivity index (χ4v) is 4.85. The smallest absolute Gasteiger partial charge is 0.261 e. The van der Waals surface area contributed by atoms with Crippen molar-refractivity contribution in [3.05, 3.63) is 52.5 Å². The van der Waals surface area contributed by atoms with Gasteiger partial charge in [-0.05, 0) is 35.7 Å². The lowest BCUT2D eigenvalue weighted by atomic mass is 10.0. The Morgan fingerprint density at radius 3 is 2.53 bits per heavy atom. The van der Waals surface area contributed by atoms with Crippen molar-refractivity contribution in [1.82, 2.24) is 10.2 Å². The third-order valence-corrected chi connectivity index (χ3v) is 6.65. The van der Waals surface area contributed by atoms with Crippen molar-refractivity contribution < 1.29 is 24.1 Å². The number of aliphatic hydroxyl groups is 2. The number of rotatable bonds is 6. The van der Waals surface area contributed by atoms with Crippen LogP contribution in [0.25, 0.3) is 0 Å². The monoisotopic (exact) mass is 435 g/mol. The van der Waals surface area contributed by atoms with Gasteiger partial charge in [0.05, 0.1) is 23.6 Å². The summed E-state index contributed by atoms with van der Waals surface area (Å²) in [5.41, 5.74) is 0.965. The number of thiophene rings is 1. The first-order chi connectivity index (χ1) is 14.6. The molecule has 0 spiro atoms. The predicted octanol–water partition coefficient (Wildman–Crippen LogP) is 0.928. The summed E-state index contributed by atoms with van der Waals surface area (Å²) >= 11 is 1.37. The maximum absolute atomic E-state index is 13.2. The van der Waals surface area contributed by atoms with E-state index in [1.165, 1.54) is 23.5 Å². The summed E-state index contributed by atoms with van der Waals surface area (Å²) in [6.45, 7) is 2.82. The minimum absolute atomic E-state index is 0.171. The maximum atomic E-state index is 13.2. The topological polar surface area (TPSA) is 85.3 Å². The highest BCUT2D eigenvalue weighted by atomic mass is 32.1. The van der Waals surface area contributed by atoms with E-state index in [4.69, 9.17) is 4.74 Å². The Kier molecular flexibility index (Phi) is 6.64. The van der Waals surface area contributed by atoms with Gasteiger partial charge in [0.25, 0.3) is 5.91 Å². The van der Waals surface area contributed by atoms with Gasteiger partial charge in [-0.1, -0.05) is 6.07 Å². The van der Waals surface area contributed by atoms with Crippen molar-refractivity contribution in [2.45, 2.75) is 24.4 Å². The average molecular weight is 436 g/mol. The Labute approximate surface area is 178 Å². The molecule has 1 amide bonds. The third-order valence-electron chi connectivity index (χ3n) is 5.78. The summed E-state index contributed by atoms with van der Waals surface area (Å²) in [5, 5.41) is 25.1. The van der Waals surface area contributed by atoms with Gasteiger partial charge in [0.2, 0.25) is 0 Å². The van der Waals surface area contributed by atoms with Gasteiger partial charge in [0.1, 0.15) is 18.0 Å². The molecule has 7 nitrogen and oxygen atoms in total. The zero-order valence-corrected chi connectivity index (χ0v) is 17.3. The number of anilines is 1. The van der Waals surface area contributed by atoms with Crippen molar-refractivity contribution >= 4 is 22.9 Å². The molecule has 3 N–H and O–H groups in total. The van der Waals surface area contributed by atoms with Crippen LogP contribution in [-0.2, 0) is 4.74 Å². The largest absolute Gasteiger partial charge is 0.394 e. The van der Waals surface area contributed by atoms with Crippen molar-refractivity contribution in [2.75, 3.05) is 44.2 Å². The summed E-state index contributed by atoms with van der Waals surface area (Å²) in [5.74, 6) is -0.429. The van der Waals surface area contributed by atoms with E-state index in [1.54, 1.807) is 18.2 Å². The summed E-state index contributed by atoms with van der Waals surface area (Å²) in [6, 6.07) is 9.70. The highest BCUT2D eigenvalue weighted by molar-refractivity contribution is 7.12. The molecule has 1 aromatic carbocycles. The lowest BCUT2D eigenvalue weighted by molar-refractivity contribution is -0.0209. The van der Waals surface area contributed by atoms with E-state index in [0.29, 0.717) is 18.0 Å². The van der Waals surface area contributed by atoms with Crippen LogP contribution in [0.1, 0.15) is 9.67 Å². The third kappa shape index (κ3) is 4.50. The standard InChI is InChI=1S/C21H26FN3O4S/c22-14-3-5-15(6-4-14)24-7-9-25(10-8-24)19-16(29-17(13-26)20(19)27)12-23-21(28)18-2-1-11-30-18/h1-6,11,16-17,19-20,26-27H,7-10,12-13H2,(H,23,28)/t16-,17+,19+,20-/m1/s1. The van der Waals surface area contributed by atoms with Gasteiger partial charge in [-0.3, -0.25) is 9.69 Å². The molecule has 2 saturated heterocycles. The molecule has 2 aliphatic rings. The normalized spacial score (nSPS) is 27.4. The molecule has 0 aliphatic carbocycles. The molecule has 162 valence electrons. The maximum Gasteiger partial charge on any atom is 0.261 e. The molecule has 0 radical (unpaired) electrons. The summed E-state index contributed by atoms with van der Waals surface area (Å²) in [4.78, 5) is 17.2. The molecule has 2 aromatic rings. The Morgan fingerprint density at radius 1 is 1.17 bits per heavy atom. The van der Waals surface area contributed by atoms with E-state index in [9.17, 15) is 19.4 Å². The highest BCUT2D eigenvalue weighted by Gasteiger charge is 2.46.